The molecule has 0 spiro atoms. The highest BCUT2D eigenvalue weighted by Crippen LogP contribution is 2.22. The zero-order valence-electron chi connectivity index (χ0n) is 6.44. The van der Waals surface area contributed by atoms with Gasteiger partial charge in [0.15, 0.2) is 0 Å². The van der Waals surface area contributed by atoms with E-state index in [1.807, 2.05) is 6.07 Å². The number of nitriles is 1. The van der Waals surface area contributed by atoms with E-state index >= 15 is 0 Å². The van der Waals surface area contributed by atoms with Gasteiger partial charge >= 0.3 is 0 Å². The first-order valence-corrected chi connectivity index (χ1v) is 4.66. The summed E-state index contributed by atoms with van der Waals surface area (Å²) in [6.07, 6.45) is 1.78. The van der Waals surface area contributed by atoms with Crippen molar-refractivity contribution < 1.29 is 4.39 Å². The molecule has 64 valence electrons. The minimum Gasteiger partial charge on any atom is -0.360 e. The van der Waals surface area contributed by atoms with Gasteiger partial charge in [0.25, 0.3) is 0 Å². The first-order chi connectivity index (χ1) is 6.22. The molecule has 1 N–H and O–H groups in total. The number of aromatic amines is 1. The van der Waals surface area contributed by atoms with Crippen LogP contribution in [0.5, 0.6) is 0 Å². The Hall–Kier alpha value is -1.09. The normalized spacial score (nSPS) is 10.2. The van der Waals surface area contributed by atoms with Crippen molar-refractivity contribution in [3.05, 3.63) is 33.3 Å². The first-order valence-electron chi connectivity index (χ1n) is 3.58. The van der Waals surface area contributed by atoms with Crippen LogP contribution in [0.25, 0.3) is 10.9 Å². The number of hydrogen-bond donors (Lipinski definition) is 1. The van der Waals surface area contributed by atoms with Crippen LogP contribution in [0.15, 0.2) is 18.3 Å². The summed E-state index contributed by atoms with van der Waals surface area (Å²) < 4.78 is 14.1. The molecule has 1 aromatic carbocycles. The predicted octanol–water partition coefficient (Wildman–Crippen LogP) is 2.78. The maximum absolute atomic E-state index is 13.1. The molecule has 2 aromatic rings. The number of rotatable bonds is 0. The highest BCUT2D eigenvalue weighted by Gasteiger charge is 2.06. The van der Waals surface area contributed by atoms with Crippen molar-refractivity contribution in [3.63, 3.8) is 0 Å². The highest BCUT2D eigenvalue weighted by molar-refractivity contribution is 14.1. The lowest BCUT2D eigenvalue weighted by Crippen LogP contribution is -1.83. The zero-order valence-corrected chi connectivity index (χ0v) is 8.59. The smallest absolute Gasteiger partial charge is 0.143 e. The van der Waals surface area contributed by atoms with Crippen LogP contribution >= 0.6 is 22.6 Å². The number of H-pyrrole nitrogens is 1. The molecule has 0 atom stereocenters. The van der Waals surface area contributed by atoms with Gasteiger partial charge < -0.3 is 4.98 Å². The van der Waals surface area contributed by atoms with Gasteiger partial charge in [-0.25, -0.2) is 4.39 Å². The van der Waals surface area contributed by atoms with Crippen molar-refractivity contribution in [2.75, 3.05) is 0 Å². The van der Waals surface area contributed by atoms with E-state index in [1.54, 1.807) is 12.3 Å². The lowest BCUT2D eigenvalue weighted by molar-refractivity contribution is 0.625. The molecular weight excluding hydrogens is 282 g/mol. The van der Waals surface area contributed by atoms with Crippen molar-refractivity contribution in [3.8, 4) is 6.07 Å². The molecule has 2 rings (SSSR count). The second kappa shape index (κ2) is 3.00. The lowest BCUT2D eigenvalue weighted by Gasteiger charge is -1.94. The molecule has 1 aromatic heterocycles. The van der Waals surface area contributed by atoms with Crippen LogP contribution in [0.2, 0.25) is 0 Å². The van der Waals surface area contributed by atoms with Gasteiger partial charge in [-0.3, -0.25) is 0 Å². The molecule has 4 heteroatoms. The minimum atomic E-state index is -0.478. The van der Waals surface area contributed by atoms with Gasteiger partial charge in [0.1, 0.15) is 11.9 Å². The van der Waals surface area contributed by atoms with Gasteiger partial charge in [0.05, 0.1) is 5.56 Å². The SMILES string of the molecule is N#Cc1cc2c(I)c[nH]c2cc1F. The molecule has 0 saturated heterocycles. The quantitative estimate of drug-likeness (QED) is 0.743. The van der Waals surface area contributed by atoms with Crippen molar-refractivity contribution in [1.82, 2.24) is 4.98 Å². The Balaban J connectivity index is 2.86. The third kappa shape index (κ3) is 1.29. The van der Waals surface area contributed by atoms with E-state index in [9.17, 15) is 4.39 Å². The lowest BCUT2D eigenvalue weighted by atomic mass is 10.1. The number of hydrogen-bond acceptors (Lipinski definition) is 1. The summed E-state index contributed by atoms with van der Waals surface area (Å²) in [5.41, 5.74) is 0.811. The number of nitrogens with zero attached hydrogens (tertiary/aromatic N) is 1. The van der Waals surface area contributed by atoms with E-state index in [4.69, 9.17) is 5.26 Å². The Labute approximate surface area is 87.5 Å². The summed E-state index contributed by atoms with van der Waals surface area (Å²) in [5, 5.41) is 9.49. The van der Waals surface area contributed by atoms with E-state index in [0.717, 1.165) is 14.5 Å². The molecular formula is C9H4FIN2. The second-order valence-electron chi connectivity index (χ2n) is 2.63. The second-order valence-corrected chi connectivity index (χ2v) is 3.79. The molecule has 0 bridgehead atoms. The molecule has 0 aliphatic carbocycles. The third-order valence-corrected chi connectivity index (χ3v) is 2.73. The Bertz CT molecular complexity index is 510. The number of halogens is 2. The summed E-state index contributed by atoms with van der Waals surface area (Å²) in [6.45, 7) is 0. The number of aromatic nitrogens is 1. The van der Waals surface area contributed by atoms with Gasteiger partial charge in [-0.05, 0) is 34.7 Å². The Morgan fingerprint density at radius 2 is 2.23 bits per heavy atom. The number of nitrogens with one attached hydrogen (secondary N) is 1. The number of fused-ring (bicyclic) bond motifs is 1. The molecule has 2 nitrogen and oxygen atoms in total. The van der Waals surface area contributed by atoms with E-state index in [-0.39, 0.29) is 5.56 Å². The molecule has 0 aliphatic heterocycles. The molecule has 0 amide bonds. The van der Waals surface area contributed by atoms with Gasteiger partial charge in [-0.2, -0.15) is 5.26 Å². The van der Waals surface area contributed by atoms with Crippen LogP contribution in [0.3, 0.4) is 0 Å². The van der Waals surface area contributed by atoms with Crippen molar-refractivity contribution in [2.24, 2.45) is 0 Å². The van der Waals surface area contributed by atoms with Gasteiger partial charge in [-0.15, -0.1) is 0 Å². The molecule has 13 heavy (non-hydrogen) atoms. The molecule has 0 radical (unpaired) electrons. The van der Waals surface area contributed by atoms with Crippen LogP contribution < -0.4 is 0 Å². The summed E-state index contributed by atoms with van der Waals surface area (Å²) in [4.78, 5) is 2.92. The van der Waals surface area contributed by atoms with E-state index in [2.05, 4.69) is 27.6 Å². The third-order valence-electron chi connectivity index (χ3n) is 1.84. The molecule has 0 unspecified atom stereocenters. The van der Waals surface area contributed by atoms with Crippen LogP contribution in [0.4, 0.5) is 4.39 Å². The van der Waals surface area contributed by atoms with Gasteiger partial charge in [0.2, 0.25) is 0 Å². The van der Waals surface area contributed by atoms with Crippen molar-refractivity contribution in [1.29, 1.82) is 5.26 Å². The average molecular weight is 286 g/mol. The summed E-state index contributed by atoms with van der Waals surface area (Å²) in [7, 11) is 0. The topological polar surface area (TPSA) is 39.6 Å². The van der Waals surface area contributed by atoms with E-state index < -0.39 is 5.82 Å². The minimum absolute atomic E-state index is 0.0880. The van der Waals surface area contributed by atoms with Gasteiger partial charge in [0, 0.05) is 20.7 Å². The monoisotopic (exact) mass is 286 g/mol. The molecule has 0 saturated carbocycles. The summed E-state index contributed by atoms with van der Waals surface area (Å²) in [6, 6.07) is 4.71. The predicted molar refractivity (Wildman–Crippen MR) is 55.7 cm³/mol. The van der Waals surface area contributed by atoms with Crippen molar-refractivity contribution in [2.45, 2.75) is 0 Å². The molecule has 0 fully saturated rings. The summed E-state index contributed by atoms with van der Waals surface area (Å²) >= 11 is 2.13. The fourth-order valence-electron chi connectivity index (χ4n) is 1.19. The fourth-order valence-corrected chi connectivity index (χ4v) is 1.80. The summed E-state index contributed by atoms with van der Waals surface area (Å²) in [5.74, 6) is -0.478. The van der Waals surface area contributed by atoms with Crippen LogP contribution in [0, 0.1) is 20.7 Å². The average Bonchev–Trinajstić information content (AvgIpc) is 2.46. The molecule has 1 heterocycles. The van der Waals surface area contributed by atoms with Crippen LogP contribution in [-0.4, -0.2) is 4.98 Å². The maximum atomic E-state index is 13.1. The maximum Gasteiger partial charge on any atom is 0.143 e. The fraction of sp³-hybridized carbons (Fsp3) is 0. The Morgan fingerprint density at radius 3 is 2.92 bits per heavy atom. The number of benzene rings is 1. The Morgan fingerprint density at radius 1 is 1.46 bits per heavy atom. The molecule has 0 aliphatic rings. The van der Waals surface area contributed by atoms with E-state index in [0.29, 0.717) is 0 Å². The Kier molecular flexibility index (Phi) is 1.96. The van der Waals surface area contributed by atoms with Crippen LogP contribution in [-0.2, 0) is 0 Å². The largest absolute Gasteiger partial charge is 0.360 e. The first kappa shape index (κ1) is 8.51. The standard InChI is InChI=1S/C9H4FIN2/c10-7-2-9-6(1-5(7)3-12)8(11)4-13-9/h1-2,4,13H. The van der Waals surface area contributed by atoms with Gasteiger partial charge in [-0.1, -0.05) is 0 Å². The van der Waals surface area contributed by atoms with Crippen LogP contribution in [0.1, 0.15) is 5.56 Å². The van der Waals surface area contributed by atoms with Crippen molar-refractivity contribution >= 4 is 33.5 Å². The highest BCUT2D eigenvalue weighted by atomic mass is 127. The zero-order chi connectivity index (χ0) is 9.42. The van der Waals surface area contributed by atoms with E-state index in [1.165, 1.54) is 6.07 Å².